The fourth-order valence-electron chi connectivity index (χ4n) is 18.1. The smallest absolute Gasteiger partial charge is 0.208 e. The second kappa shape index (κ2) is 35.0. The molecule has 9 aromatic carbocycles. The van der Waals surface area contributed by atoms with Crippen LogP contribution in [0.3, 0.4) is 0 Å². The van der Waals surface area contributed by atoms with Crippen LogP contribution in [0.1, 0.15) is 175 Å². The Kier molecular flexibility index (Phi) is 25.9. The fraction of sp³-hybridized carbons (Fsp3) is 0.245. The molecule has 0 saturated carbocycles. The van der Waals surface area contributed by atoms with Crippen molar-refractivity contribution in [2.45, 2.75) is 131 Å². The SMILES string of the molecule is CC1(C)CC(=O)C2=C(C1)Nc1nc3ccccc3n1C2c1cc[c-]cc1.CC1(C)CC(=O)C2=C(C1)Nc1nc3ccccc3n1C2c1cc[c-]cc1.CC1(C)CC(=O)C2=C(C1)Nc1nc3ccccc3n1C2c1cc[c-]cc1.CC1(C)CC(=O)C2=C(C1)Nc1nc3ccccc3n1C2c1cc[c-]cc1.[CH2-]c1cc([CH2-])c([CH2-])cc1[CH2-].[Y].[Y].[Y].[Y]. The van der Waals surface area contributed by atoms with Gasteiger partial charge in [-0.3, -0.25) is 59.0 Å². The van der Waals surface area contributed by atoms with Crippen LogP contribution in [0.5, 0.6) is 0 Å². The molecule has 0 amide bonds. The van der Waals surface area contributed by atoms with E-state index in [1.807, 2.05) is 182 Å². The number of para-hydroxylation sites is 8. The largest absolute Gasteiger partial charge is 0.329 e. The summed E-state index contributed by atoms with van der Waals surface area (Å²) in [4.78, 5) is 71.8. The Morgan fingerprint density at radius 3 is 0.678 bits per heavy atom. The van der Waals surface area contributed by atoms with Crippen molar-refractivity contribution in [2.75, 3.05) is 21.3 Å². The van der Waals surface area contributed by atoms with Gasteiger partial charge in [0, 0.05) is 202 Å². The number of carbonyl (C=O) groups is 4. The van der Waals surface area contributed by atoms with E-state index in [0.29, 0.717) is 25.7 Å². The predicted molar refractivity (Wildman–Crippen MR) is 452 cm³/mol. The van der Waals surface area contributed by atoms with Crippen molar-refractivity contribution in [3.05, 3.63) is 348 Å². The molecule has 13 aromatic rings. The predicted octanol–water partition coefficient (Wildman–Crippen LogP) is 20.4. The van der Waals surface area contributed by atoms with E-state index in [-0.39, 0.29) is 200 Å². The summed E-state index contributed by atoms with van der Waals surface area (Å²) in [6, 6.07) is 79.6. The molecule has 4 aliphatic carbocycles. The number of benzene rings is 9. The molecule has 4 atom stereocenters. The third-order valence-corrected chi connectivity index (χ3v) is 23.0. The third kappa shape index (κ3) is 17.1. The van der Waals surface area contributed by atoms with Crippen LogP contribution >= 0.6 is 0 Å². The van der Waals surface area contributed by atoms with E-state index in [9.17, 15) is 19.2 Å². The number of carbonyl (C=O) groups excluding carboxylic acids is 4. The maximum atomic E-state index is 13.2. The molecule has 0 fully saturated rings. The standard InChI is InChI=1S/4C22H20N3O.C10H10.4Y/c4*1-22(2)12-16-19(18(26)13-22)20(14-8-4-3-5-9-14)25-17-11-7-6-10-15(17)23-21(25)24-16;1-7-5-9(3)10(4)6-8(7)2;;;;/h4*4-11,20H,12-13H2,1-2H3,(H,23,24);5-6H,1-4H2;;;;/q4*-1;-4;;;;. The second-order valence-electron chi connectivity index (χ2n) is 34.3. The number of nitrogens with one attached hydrogen (secondary N) is 4. The van der Waals surface area contributed by atoms with Crippen LogP contribution in [0.15, 0.2) is 251 Å². The van der Waals surface area contributed by atoms with Crippen molar-refractivity contribution < 1.29 is 150 Å². The van der Waals surface area contributed by atoms with Gasteiger partial charge in [0.2, 0.25) is 23.8 Å². The molecule has 0 saturated heterocycles. The Morgan fingerprint density at radius 2 is 0.483 bits per heavy atom. The summed E-state index contributed by atoms with van der Waals surface area (Å²) in [5.74, 6) is 4.16. The molecule has 8 heterocycles. The minimum absolute atomic E-state index is 0. The third-order valence-electron chi connectivity index (χ3n) is 23.0. The van der Waals surface area contributed by atoms with E-state index in [2.05, 4.69) is 171 Å². The van der Waals surface area contributed by atoms with Crippen LogP contribution < -0.4 is 21.3 Å². The Labute approximate surface area is 791 Å². The summed E-state index contributed by atoms with van der Waals surface area (Å²) >= 11 is 0. The number of ketones is 4. The van der Waals surface area contributed by atoms with Gasteiger partial charge < -0.3 is 61.8 Å². The van der Waals surface area contributed by atoms with Gasteiger partial charge in [-0.15, -0.1) is 22.3 Å². The zero-order valence-corrected chi connectivity index (χ0v) is 79.3. The summed E-state index contributed by atoms with van der Waals surface area (Å²) in [6.07, 6.45) is 5.71. The molecule has 4 aliphatic heterocycles. The minimum Gasteiger partial charge on any atom is -0.329 e. The summed E-state index contributed by atoms with van der Waals surface area (Å²) in [5, 5.41) is 13.9. The van der Waals surface area contributed by atoms with Gasteiger partial charge in [0.1, 0.15) is 0 Å². The van der Waals surface area contributed by atoms with Crippen LogP contribution in [-0.4, -0.2) is 61.3 Å². The van der Waals surface area contributed by atoms with Gasteiger partial charge in [-0.05, 0) is 95.9 Å². The number of hydrogen-bond donors (Lipinski definition) is 4. The molecule has 4 N–H and O–H groups in total. The van der Waals surface area contributed by atoms with Gasteiger partial charge in [0.15, 0.2) is 23.1 Å². The van der Waals surface area contributed by atoms with Crippen molar-refractivity contribution in [1.82, 2.24) is 38.2 Å². The first-order chi connectivity index (χ1) is 54.7. The van der Waals surface area contributed by atoms with Gasteiger partial charge >= 0.3 is 0 Å². The van der Waals surface area contributed by atoms with Gasteiger partial charge in [-0.25, -0.2) is 19.9 Å². The summed E-state index contributed by atoms with van der Waals surface area (Å²) < 4.78 is 8.67. The fourth-order valence-corrected chi connectivity index (χ4v) is 18.1. The zero-order chi connectivity index (χ0) is 79.3. The first kappa shape index (κ1) is 87.4. The average Bonchev–Trinajstić information content (AvgIpc) is 1.60. The zero-order valence-electron chi connectivity index (χ0n) is 67.9. The van der Waals surface area contributed by atoms with Crippen LogP contribution in [0.25, 0.3) is 44.1 Å². The molecule has 0 spiro atoms. The Morgan fingerprint density at radius 1 is 0.297 bits per heavy atom. The molecular weight excluding hydrogens is 1760 g/mol. The maximum absolute atomic E-state index is 13.2. The molecule has 4 unspecified atom stereocenters. The summed E-state index contributed by atoms with van der Waals surface area (Å²) in [6.45, 7) is 32.4. The van der Waals surface area contributed by atoms with Crippen LogP contribution in [0, 0.1) is 73.6 Å². The number of Topliss-reactive ketones (excluding diaryl/α,β-unsaturated/α-hetero) is 4. The van der Waals surface area contributed by atoms with E-state index in [0.717, 1.165) is 183 Å². The maximum Gasteiger partial charge on any atom is 0.208 e. The van der Waals surface area contributed by atoms with Gasteiger partial charge in [-0.1, -0.05) is 104 Å². The number of rotatable bonds is 4. The first-order valence-electron chi connectivity index (χ1n) is 39.1. The Hall–Kier alpha value is -8.40. The number of imidazole rings is 4. The Bertz CT molecular complexity index is 5440. The second-order valence-corrected chi connectivity index (χ2v) is 34.3. The molecular formula is C98H90N12O4Y4-8. The Balaban J connectivity index is 0.000000130. The normalized spacial score (nSPS) is 19.6. The summed E-state index contributed by atoms with van der Waals surface area (Å²) in [5.41, 5.74) is 23.5. The molecule has 20 heteroatoms. The molecule has 4 aromatic heterocycles. The van der Waals surface area contributed by atoms with Crippen molar-refractivity contribution in [3.8, 4) is 0 Å². The molecule has 118 heavy (non-hydrogen) atoms. The van der Waals surface area contributed by atoms with E-state index in [4.69, 9.17) is 19.9 Å². The van der Waals surface area contributed by atoms with Crippen molar-refractivity contribution >= 4 is 91.1 Å². The van der Waals surface area contributed by atoms with E-state index in [1.165, 1.54) is 0 Å². The van der Waals surface area contributed by atoms with Crippen LogP contribution in [-0.2, 0) is 150 Å². The van der Waals surface area contributed by atoms with Crippen LogP contribution in [0.2, 0.25) is 0 Å². The minimum atomic E-state index is -0.146. The van der Waals surface area contributed by atoms with Gasteiger partial charge in [0.25, 0.3) is 0 Å². The molecule has 16 nitrogen and oxygen atoms in total. The van der Waals surface area contributed by atoms with E-state index >= 15 is 0 Å². The quantitative estimate of drug-likeness (QED) is 0.122. The van der Waals surface area contributed by atoms with E-state index < -0.39 is 0 Å². The monoisotopic (exact) mass is 1850 g/mol. The van der Waals surface area contributed by atoms with Crippen molar-refractivity contribution in [3.63, 3.8) is 0 Å². The topological polar surface area (TPSA) is 188 Å². The van der Waals surface area contributed by atoms with Crippen molar-refractivity contribution in [2.24, 2.45) is 21.7 Å². The molecule has 4 radical (unpaired) electrons. The number of allylic oxidation sites excluding steroid dienone is 8. The molecule has 8 aliphatic rings. The van der Waals surface area contributed by atoms with Crippen molar-refractivity contribution in [1.29, 1.82) is 0 Å². The summed E-state index contributed by atoms with van der Waals surface area (Å²) in [7, 11) is 0. The number of hydrogen-bond acceptors (Lipinski definition) is 12. The first-order valence-corrected chi connectivity index (χ1v) is 39.1. The average molecular weight is 1860 g/mol. The van der Waals surface area contributed by atoms with Gasteiger partial charge in [-0.2, -0.15) is 121 Å². The number of anilines is 4. The number of nitrogens with zero attached hydrogens (tertiary/aromatic N) is 8. The molecule has 21 rings (SSSR count). The number of aromatic nitrogens is 8. The number of fused-ring (bicyclic) bond motifs is 12. The molecule has 0 bridgehead atoms. The van der Waals surface area contributed by atoms with Gasteiger partial charge in [0.05, 0.1) is 68.3 Å². The van der Waals surface area contributed by atoms with Crippen LogP contribution in [0.4, 0.5) is 23.8 Å². The van der Waals surface area contributed by atoms with E-state index in [1.54, 1.807) is 0 Å². The molecule has 586 valence electrons.